The molecule has 0 spiro atoms. The molecule has 3 rings (SSSR count). The highest BCUT2D eigenvalue weighted by atomic mass is 79.9. The van der Waals surface area contributed by atoms with Gasteiger partial charge in [0.15, 0.2) is 11.3 Å². The summed E-state index contributed by atoms with van der Waals surface area (Å²) in [6.45, 7) is -0.382. The van der Waals surface area contributed by atoms with Crippen molar-refractivity contribution in [1.82, 2.24) is 9.78 Å². The molecule has 2 aromatic heterocycles. The third kappa shape index (κ3) is 3.82. The van der Waals surface area contributed by atoms with Crippen molar-refractivity contribution >= 4 is 33.6 Å². The van der Waals surface area contributed by atoms with E-state index in [1.807, 2.05) is 4.68 Å². The number of aromatic nitrogens is 2. The summed E-state index contributed by atoms with van der Waals surface area (Å²) in [5.41, 5.74) is 0. The molecule has 0 saturated heterocycles. The number of amides is 1. The molecule has 1 fully saturated rings. The maximum Gasteiger partial charge on any atom is 0.374 e. The van der Waals surface area contributed by atoms with Crippen LogP contribution in [0.15, 0.2) is 33.5 Å². The third-order valence-electron chi connectivity index (χ3n) is 3.72. The maximum atomic E-state index is 11.9. The van der Waals surface area contributed by atoms with Crippen molar-refractivity contribution in [1.29, 1.82) is 0 Å². The zero-order valence-electron chi connectivity index (χ0n) is 12.3. The Balaban J connectivity index is 1.53. The first-order chi connectivity index (χ1) is 11.1. The van der Waals surface area contributed by atoms with E-state index in [1.54, 1.807) is 18.3 Å². The van der Waals surface area contributed by atoms with E-state index in [0.717, 1.165) is 12.8 Å². The number of anilines is 1. The van der Waals surface area contributed by atoms with E-state index in [0.29, 0.717) is 16.5 Å². The third-order valence-corrected chi connectivity index (χ3v) is 4.14. The van der Waals surface area contributed by atoms with Gasteiger partial charge < -0.3 is 14.5 Å². The molecule has 7 nitrogen and oxygen atoms in total. The molecule has 0 unspecified atom stereocenters. The van der Waals surface area contributed by atoms with Crippen LogP contribution in [-0.2, 0) is 9.53 Å². The highest BCUT2D eigenvalue weighted by Gasteiger charge is 2.21. The summed E-state index contributed by atoms with van der Waals surface area (Å²) in [6.07, 6.45) is 6.13. The van der Waals surface area contributed by atoms with Crippen molar-refractivity contribution in [3.05, 3.63) is 34.8 Å². The van der Waals surface area contributed by atoms with Gasteiger partial charge in [0.25, 0.3) is 5.91 Å². The maximum absolute atomic E-state index is 11.9. The molecule has 0 bridgehead atoms. The van der Waals surface area contributed by atoms with Crippen LogP contribution < -0.4 is 5.32 Å². The van der Waals surface area contributed by atoms with Gasteiger partial charge in [0, 0.05) is 6.07 Å². The Morgan fingerprint density at radius 3 is 2.83 bits per heavy atom. The minimum atomic E-state index is -0.685. The van der Waals surface area contributed by atoms with Gasteiger partial charge in [-0.15, -0.1) is 0 Å². The molecule has 8 heteroatoms. The van der Waals surface area contributed by atoms with Gasteiger partial charge >= 0.3 is 5.97 Å². The van der Waals surface area contributed by atoms with E-state index in [9.17, 15) is 9.59 Å². The highest BCUT2D eigenvalue weighted by Crippen LogP contribution is 2.31. The second kappa shape index (κ2) is 6.99. The van der Waals surface area contributed by atoms with Crippen LogP contribution in [0.4, 0.5) is 5.82 Å². The lowest BCUT2D eigenvalue weighted by Gasteiger charge is -2.14. The number of carbonyl (C=O) groups excluding carboxylic acids is 2. The fraction of sp³-hybridized carbons (Fsp3) is 0.400. The van der Waals surface area contributed by atoms with Gasteiger partial charge in [-0.1, -0.05) is 12.8 Å². The van der Waals surface area contributed by atoms with Gasteiger partial charge in [-0.05, 0) is 40.9 Å². The van der Waals surface area contributed by atoms with E-state index in [4.69, 9.17) is 9.15 Å². The molecule has 23 heavy (non-hydrogen) atoms. The lowest BCUT2D eigenvalue weighted by molar-refractivity contribution is -0.119. The van der Waals surface area contributed by atoms with Crippen LogP contribution in [0, 0.1) is 0 Å². The second-order valence-corrected chi connectivity index (χ2v) is 6.11. The summed E-state index contributed by atoms with van der Waals surface area (Å²) in [6, 6.07) is 5.11. The number of ether oxygens (including phenoxy) is 1. The van der Waals surface area contributed by atoms with Crippen molar-refractivity contribution in [2.75, 3.05) is 11.9 Å². The lowest BCUT2D eigenvalue weighted by Crippen LogP contribution is -2.23. The Bertz CT molecular complexity index is 703. The van der Waals surface area contributed by atoms with Crippen molar-refractivity contribution in [2.24, 2.45) is 0 Å². The van der Waals surface area contributed by atoms with E-state index in [1.165, 1.54) is 18.9 Å². The van der Waals surface area contributed by atoms with Crippen LogP contribution in [0.3, 0.4) is 0 Å². The normalized spacial score (nSPS) is 14.8. The molecular weight excluding hydrogens is 366 g/mol. The minimum Gasteiger partial charge on any atom is -0.450 e. The summed E-state index contributed by atoms with van der Waals surface area (Å²) in [5, 5.41) is 6.99. The van der Waals surface area contributed by atoms with Crippen LogP contribution >= 0.6 is 15.9 Å². The first-order valence-electron chi connectivity index (χ1n) is 7.39. The Morgan fingerprint density at radius 2 is 2.13 bits per heavy atom. The molecule has 1 saturated carbocycles. The van der Waals surface area contributed by atoms with Crippen molar-refractivity contribution in [3.63, 3.8) is 0 Å². The first-order valence-corrected chi connectivity index (χ1v) is 8.18. The Labute approximate surface area is 141 Å². The minimum absolute atomic E-state index is 0.0423. The molecule has 0 aliphatic heterocycles. The topological polar surface area (TPSA) is 86.4 Å². The van der Waals surface area contributed by atoms with E-state index in [2.05, 4.69) is 26.3 Å². The van der Waals surface area contributed by atoms with Gasteiger partial charge in [0.05, 0.1) is 12.2 Å². The van der Waals surface area contributed by atoms with E-state index >= 15 is 0 Å². The molecule has 0 radical (unpaired) electrons. The van der Waals surface area contributed by atoms with Gasteiger partial charge in [-0.3, -0.25) is 4.79 Å². The predicted molar refractivity (Wildman–Crippen MR) is 85.1 cm³/mol. The molecule has 1 aliphatic rings. The number of esters is 1. The fourth-order valence-electron chi connectivity index (χ4n) is 2.66. The molecule has 122 valence electrons. The number of nitrogens with one attached hydrogen (secondary N) is 1. The Morgan fingerprint density at radius 1 is 1.35 bits per heavy atom. The number of furan rings is 1. The molecule has 2 aromatic rings. The number of rotatable bonds is 5. The Kier molecular flexibility index (Phi) is 4.80. The molecular formula is C15H16BrN3O4. The lowest BCUT2D eigenvalue weighted by atomic mass is 10.2. The van der Waals surface area contributed by atoms with Gasteiger partial charge in [-0.25, -0.2) is 9.48 Å². The zero-order chi connectivity index (χ0) is 16.2. The molecule has 0 aromatic carbocycles. The predicted octanol–water partition coefficient (Wildman–Crippen LogP) is 3.15. The average Bonchev–Trinajstić information content (AvgIpc) is 3.25. The average molecular weight is 382 g/mol. The quantitative estimate of drug-likeness (QED) is 0.803. The smallest absolute Gasteiger partial charge is 0.374 e. The number of halogens is 1. The summed E-state index contributed by atoms with van der Waals surface area (Å²) in [4.78, 5) is 23.7. The van der Waals surface area contributed by atoms with Crippen LogP contribution in [0.5, 0.6) is 0 Å². The molecule has 1 amide bonds. The molecule has 1 N–H and O–H groups in total. The number of hydrogen-bond acceptors (Lipinski definition) is 5. The molecule has 2 heterocycles. The summed E-state index contributed by atoms with van der Waals surface area (Å²) >= 11 is 3.10. The van der Waals surface area contributed by atoms with E-state index < -0.39 is 11.9 Å². The fourth-order valence-corrected chi connectivity index (χ4v) is 2.96. The summed E-state index contributed by atoms with van der Waals surface area (Å²) in [5.74, 6) is -0.432. The van der Waals surface area contributed by atoms with Gasteiger partial charge in [0.1, 0.15) is 5.82 Å². The number of nitrogens with zero attached hydrogens (tertiary/aromatic N) is 2. The number of hydrogen-bond donors (Lipinski definition) is 1. The molecule has 1 aliphatic carbocycles. The standard InChI is InChI=1S/C15H16BrN3O4/c16-12-6-5-11(23-12)15(21)22-9-14(20)18-13-7-8-17-19(13)10-3-1-2-4-10/h5-8,10H,1-4,9H2,(H,18,20). The largest absolute Gasteiger partial charge is 0.450 e. The SMILES string of the molecule is O=C(COC(=O)c1ccc(Br)o1)Nc1ccnn1C1CCCC1. The summed E-state index contributed by atoms with van der Waals surface area (Å²) < 4.78 is 12.2. The Hall–Kier alpha value is -2.09. The van der Waals surface area contributed by atoms with Crippen LogP contribution in [0.1, 0.15) is 42.3 Å². The first kappa shape index (κ1) is 15.8. The van der Waals surface area contributed by atoms with Crippen LogP contribution in [0.25, 0.3) is 0 Å². The molecule has 0 atom stereocenters. The van der Waals surface area contributed by atoms with E-state index in [-0.39, 0.29) is 12.4 Å². The van der Waals surface area contributed by atoms with Crippen molar-refractivity contribution in [2.45, 2.75) is 31.7 Å². The van der Waals surface area contributed by atoms with Crippen LogP contribution in [-0.4, -0.2) is 28.3 Å². The second-order valence-electron chi connectivity index (χ2n) is 5.33. The van der Waals surface area contributed by atoms with Crippen LogP contribution in [0.2, 0.25) is 0 Å². The number of carbonyl (C=O) groups is 2. The van der Waals surface area contributed by atoms with Crippen molar-refractivity contribution in [3.8, 4) is 0 Å². The zero-order valence-corrected chi connectivity index (χ0v) is 13.9. The van der Waals surface area contributed by atoms with Gasteiger partial charge in [-0.2, -0.15) is 5.10 Å². The van der Waals surface area contributed by atoms with Crippen molar-refractivity contribution < 1.29 is 18.7 Å². The highest BCUT2D eigenvalue weighted by molar-refractivity contribution is 9.10. The monoisotopic (exact) mass is 381 g/mol. The summed E-state index contributed by atoms with van der Waals surface area (Å²) in [7, 11) is 0. The van der Waals surface area contributed by atoms with Gasteiger partial charge in [0.2, 0.25) is 5.76 Å².